The Kier molecular flexibility index (Phi) is 3.62. The van der Waals surface area contributed by atoms with Gasteiger partial charge in [-0.25, -0.2) is 4.98 Å². The number of nitrogens with two attached hydrogens (primary N) is 1. The molecule has 4 nitrogen and oxygen atoms in total. The van der Waals surface area contributed by atoms with Crippen molar-refractivity contribution in [2.24, 2.45) is 5.73 Å². The lowest BCUT2D eigenvalue weighted by molar-refractivity contribution is 0.754. The number of rotatable bonds is 4. The Morgan fingerprint density at radius 1 is 1.39 bits per heavy atom. The Balaban J connectivity index is 2.28. The molecule has 0 aliphatic carbocycles. The fraction of sp³-hybridized carbons (Fsp3) is 0.231. The number of nitrogens with zero attached hydrogens (tertiary/aromatic N) is 3. The van der Waals surface area contributed by atoms with Crippen molar-refractivity contribution < 1.29 is 0 Å². The number of thiocarbonyl (C=S) groups is 1. The summed E-state index contributed by atoms with van der Waals surface area (Å²) in [4.78, 5) is 6.81. The van der Waals surface area contributed by atoms with E-state index in [1.165, 1.54) is 0 Å². The Morgan fingerprint density at radius 2 is 2.06 bits per heavy atom. The van der Waals surface area contributed by atoms with E-state index in [9.17, 15) is 0 Å². The zero-order chi connectivity index (χ0) is 13.1. The maximum atomic E-state index is 5.58. The highest BCUT2D eigenvalue weighted by Crippen LogP contribution is 2.22. The number of imidazole rings is 1. The summed E-state index contributed by atoms with van der Waals surface area (Å²) in [6, 6.07) is 7.83. The Morgan fingerprint density at radius 3 is 2.61 bits per heavy atom. The topological polar surface area (TPSA) is 47.1 Å². The minimum absolute atomic E-state index is 0.416. The summed E-state index contributed by atoms with van der Waals surface area (Å²) >= 11 is 4.94. The van der Waals surface area contributed by atoms with Crippen LogP contribution in [0.2, 0.25) is 0 Å². The van der Waals surface area contributed by atoms with E-state index in [1.807, 2.05) is 42.4 Å². The van der Waals surface area contributed by atoms with Crippen molar-refractivity contribution in [3.8, 4) is 0 Å². The smallest absolute Gasteiger partial charge is 0.209 e. The summed E-state index contributed by atoms with van der Waals surface area (Å²) in [5.41, 5.74) is 7.51. The first-order chi connectivity index (χ1) is 8.63. The summed E-state index contributed by atoms with van der Waals surface area (Å²) in [6.07, 6.45) is 3.77. The average molecular weight is 260 g/mol. The van der Waals surface area contributed by atoms with Crippen LogP contribution in [0.25, 0.3) is 0 Å². The number of hydrogen-bond donors (Lipinski definition) is 1. The fourth-order valence-corrected chi connectivity index (χ4v) is 1.95. The lowest BCUT2D eigenvalue weighted by Gasteiger charge is -2.19. The summed E-state index contributed by atoms with van der Waals surface area (Å²) in [5, 5.41) is 0. The van der Waals surface area contributed by atoms with Gasteiger partial charge in [0.2, 0.25) is 5.95 Å². The van der Waals surface area contributed by atoms with Crippen LogP contribution < -0.4 is 10.6 Å². The predicted octanol–water partition coefficient (Wildman–Crippen LogP) is 2.31. The second-order valence-electron chi connectivity index (χ2n) is 3.98. The second-order valence-corrected chi connectivity index (χ2v) is 4.42. The molecule has 18 heavy (non-hydrogen) atoms. The molecule has 0 fully saturated rings. The van der Waals surface area contributed by atoms with Gasteiger partial charge >= 0.3 is 0 Å². The average Bonchev–Trinajstić information content (AvgIpc) is 2.86. The van der Waals surface area contributed by atoms with Crippen molar-refractivity contribution in [2.45, 2.75) is 13.5 Å². The van der Waals surface area contributed by atoms with Crippen molar-refractivity contribution in [1.82, 2.24) is 9.55 Å². The van der Waals surface area contributed by atoms with Crippen molar-refractivity contribution in [2.75, 3.05) is 11.9 Å². The minimum atomic E-state index is 0.416. The first-order valence-electron chi connectivity index (χ1n) is 5.78. The molecule has 0 spiro atoms. The van der Waals surface area contributed by atoms with Crippen LogP contribution in [-0.2, 0) is 6.54 Å². The van der Waals surface area contributed by atoms with E-state index in [4.69, 9.17) is 18.0 Å². The molecule has 1 heterocycles. The van der Waals surface area contributed by atoms with Gasteiger partial charge in [0, 0.05) is 37.2 Å². The molecule has 0 aliphatic rings. The summed E-state index contributed by atoms with van der Waals surface area (Å²) in [5.74, 6) is 0.917. The van der Waals surface area contributed by atoms with Crippen molar-refractivity contribution in [3.63, 3.8) is 0 Å². The number of benzene rings is 1. The molecule has 2 rings (SSSR count). The molecule has 1 aromatic heterocycles. The zero-order valence-electron chi connectivity index (χ0n) is 10.5. The molecule has 5 heteroatoms. The van der Waals surface area contributed by atoms with Crippen LogP contribution in [0.15, 0.2) is 36.7 Å². The van der Waals surface area contributed by atoms with Gasteiger partial charge in [-0.1, -0.05) is 12.2 Å². The molecule has 0 saturated heterocycles. The van der Waals surface area contributed by atoms with Crippen LogP contribution in [0.4, 0.5) is 11.6 Å². The van der Waals surface area contributed by atoms with Crippen LogP contribution in [-0.4, -0.2) is 21.6 Å². The molecule has 0 bridgehead atoms. The molecule has 2 N–H and O–H groups in total. The Bertz CT molecular complexity index is 544. The van der Waals surface area contributed by atoms with Crippen molar-refractivity contribution in [3.05, 3.63) is 42.2 Å². The molecule has 0 aliphatic heterocycles. The van der Waals surface area contributed by atoms with Crippen LogP contribution in [0.1, 0.15) is 12.5 Å². The summed E-state index contributed by atoms with van der Waals surface area (Å²) in [6.45, 7) is 2.99. The van der Waals surface area contributed by atoms with E-state index in [-0.39, 0.29) is 0 Å². The number of anilines is 2. The molecular weight excluding hydrogens is 244 g/mol. The highest BCUT2D eigenvalue weighted by Gasteiger charge is 2.09. The quantitative estimate of drug-likeness (QED) is 0.857. The lowest BCUT2D eigenvalue weighted by Crippen LogP contribution is -2.15. The first-order valence-corrected chi connectivity index (χ1v) is 6.19. The third-order valence-electron chi connectivity index (χ3n) is 2.87. The maximum absolute atomic E-state index is 5.58. The molecule has 0 unspecified atom stereocenters. The third kappa shape index (κ3) is 2.36. The van der Waals surface area contributed by atoms with E-state index < -0.39 is 0 Å². The van der Waals surface area contributed by atoms with E-state index in [2.05, 4.69) is 16.5 Å². The largest absolute Gasteiger partial charge is 0.389 e. The van der Waals surface area contributed by atoms with Gasteiger partial charge in [-0.3, -0.25) is 0 Å². The van der Waals surface area contributed by atoms with Crippen LogP contribution in [0.5, 0.6) is 0 Å². The number of aryl methyl sites for hydroxylation is 1. The van der Waals surface area contributed by atoms with Gasteiger partial charge < -0.3 is 15.2 Å². The van der Waals surface area contributed by atoms with Crippen LogP contribution in [0, 0.1) is 0 Å². The van der Waals surface area contributed by atoms with Crippen molar-refractivity contribution in [1.29, 1.82) is 0 Å². The van der Waals surface area contributed by atoms with Gasteiger partial charge in [-0.15, -0.1) is 0 Å². The lowest BCUT2D eigenvalue weighted by atomic mass is 10.2. The third-order valence-corrected chi connectivity index (χ3v) is 3.11. The van der Waals surface area contributed by atoms with Gasteiger partial charge in [-0.05, 0) is 31.2 Å². The van der Waals surface area contributed by atoms with E-state index in [0.29, 0.717) is 4.99 Å². The molecule has 0 amide bonds. The van der Waals surface area contributed by atoms with Gasteiger partial charge in [0.15, 0.2) is 0 Å². The molecule has 94 valence electrons. The first kappa shape index (κ1) is 12.6. The molecule has 0 radical (unpaired) electrons. The van der Waals surface area contributed by atoms with E-state index in [0.717, 1.165) is 23.7 Å². The van der Waals surface area contributed by atoms with Gasteiger partial charge in [0.05, 0.1) is 0 Å². The highest BCUT2D eigenvalue weighted by atomic mass is 32.1. The molecule has 0 atom stereocenters. The standard InChI is InChI=1S/C13H16N4S/c1-3-17-9-8-15-13(17)16(2)11-6-4-10(5-7-11)12(14)18/h4-9H,3H2,1-2H3,(H2,14,18). The Labute approximate surface area is 112 Å². The number of hydrogen-bond acceptors (Lipinski definition) is 3. The second kappa shape index (κ2) is 5.18. The highest BCUT2D eigenvalue weighted by molar-refractivity contribution is 7.80. The normalized spacial score (nSPS) is 10.3. The van der Waals surface area contributed by atoms with Gasteiger partial charge in [-0.2, -0.15) is 0 Å². The zero-order valence-corrected chi connectivity index (χ0v) is 11.3. The molecular formula is C13H16N4S. The molecule has 0 saturated carbocycles. The Hall–Kier alpha value is -1.88. The van der Waals surface area contributed by atoms with Gasteiger partial charge in [0.25, 0.3) is 0 Å². The van der Waals surface area contributed by atoms with E-state index >= 15 is 0 Å². The summed E-state index contributed by atoms with van der Waals surface area (Å²) in [7, 11) is 1.99. The number of aromatic nitrogens is 2. The van der Waals surface area contributed by atoms with Gasteiger partial charge in [0.1, 0.15) is 4.99 Å². The molecule has 2 aromatic rings. The van der Waals surface area contributed by atoms with Crippen LogP contribution in [0.3, 0.4) is 0 Å². The maximum Gasteiger partial charge on any atom is 0.209 e. The SMILES string of the molecule is CCn1ccnc1N(C)c1ccc(C(N)=S)cc1. The summed E-state index contributed by atoms with van der Waals surface area (Å²) < 4.78 is 2.08. The predicted molar refractivity (Wildman–Crippen MR) is 78.3 cm³/mol. The fourth-order valence-electron chi connectivity index (χ4n) is 1.81. The minimum Gasteiger partial charge on any atom is -0.389 e. The van der Waals surface area contributed by atoms with Crippen LogP contribution >= 0.6 is 12.2 Å². The molecule has 1 aromatic carbocycles. The van der Waals surface area contributed by atoms with Crippen molar-refractivity contribution >= 4 is 28.8 Å². The monoisotopic (exact) mass is 260 g/mol. The van der Waals surface area contributed by atoms with E-state index in [1.54, 1.807) is 6.20 Å².